The van der Waals surface area contributed by atoms with E-state index in [1.807, 2.05) is 54.6 Å². The Morgan fingerprint density at radius 1 is 1.00 bits per heavy atom. The molecule has 0 bridgehead atoms. The van der Waals surface area contributed by atoms with Gasteiger partial charge in [-0.3, -0.25) is 0 Å². The Morgan fingerprint density at radius 2 is 1.64 bits per heavy atom. The normalized spacial score (nSPS) is 15.2. The molecule has 0 saturated carbocycles. The highest BCUT2D eigenvalue weighted by molar-refractivity contribution is 5.71. The van der Waals surface area contributed by atoms with Gasteiger partial charge in [-0.05, 0) is 29.7 Å². The summed E-state index contributed by atoms with van der Waals surface area (Å²) in [4.78, 5) is 14.2. The SMILES string of the molecule is CC(C)c1ccccc1OC(=O)N1CCC(Oc2ccccc2)CC1. The van der Waals surface area contributed by atoms with E-state index in [0.717, 1.165) is 24.2 Å². The highest BCUT2D eigenvalue weighted by atomic mass is 16.6. The van der Waals surface area contributed by atoms with Crippen molar-refractivity contribution in [3.05, 3.63) is 60.2 Å². The Kier molecular flexibility index (Phi) is 5.59. The van der Waals surface area contributed by atoms with E-state index in [-0.39, 0.29) is 12.2 Å². The fourth-order valence-corrected chi connectivity index (χ4v) is 3.06. The van der Waals surface area contributed by atoms with Crippen molar-refractivity contribution in [2.75, 3.05) is 13.1 Å². The summed E-state index contributed by atoms with van der Waals surface area (Å²) in [6.45, 7) is 5.50. The van der Waals surface area contributed by atoms with Gasteiger partial charge in [0.15, 0.2) is 0 Å². The Balaban J connectivity index is 1.54. The zero-order valence-electron chi connectivity index (χ0n) is 14.9. The third-order valence-corrected chi connectivity index (χ3v) is 4.48. The summed E-state index contributed by atoms with van der Waals surface area (Å²) in [5.41, 5.74) is 1.05. The maximum atomic E-state index is 12.5. The lowest BCUT2D eigenvalue weighted by Crippen LogP contribution is -2.43. The summed E-state index contributed by atoms with van der Waals surface area (Å²) in [6.07, 6.45) is 1.51. The molecule has 1 heterocycles. The van der Waals surface area contributed by atoms with E-state index < -0.39 is 0 Å². The number of carbonyl (C=O) groups excluding carboxylic acids is 1. The topological polar surface area (TPSA) is 38.8 Å². The summed E-state index contributed by atoms with van der Waals surface area (Å²) >= 11 is 0. The van der Waals surface area contributed by atoms with Crippen molar-refractivity contribution in [2.45, 2.75) is 38.7 Å². The molecule has 1 aliphatic heterocycles. The molecule has 0 atom stereocenters. The molecule has 132 valence electrons. The summed E-state index contributed by atoms with van der Waals surface area (Å²) in [5.74, 6) is 1.86. The van der Waals surface area contributed by atoms with Crippen LogP contribution in [0.1, 0.15) is 38.2 Å². The number of piperidine rings is 1. The van der Waals surface area contributed by atoms with Gasteiger partial charge in [0.2, 0.25) is 0 Å². The molecule has 1 fully saturated rings. The first-order chi connectivity index (χ1) is 12.1. The lowest BCUT2D eigenvalue weighted by Gasteiger charge is -2.31. The maximum Gasteiger partial charge on any atom is 0.415 e. The van der Waals surface area contributed by atoms with Crippen LogP contribution in [0, 0.1) is 0 Å². The molecule has 0 aliphatic carbocycles. The predicted molar refractivity (Wildman–Crippen MR) is 98.2 cm³/mol. The molecule has 1 saturated heterocycles. The molecule has 25 heavy (non-hydrogen) atoms. The van der Waals surface area contributed by atoms with E-state index in [2.05, 4.69) is 13.8 Å². The van der Waals surface area contributed by atoms with Crippen LogP contribution in [0.3, 0.4) is 0 Å². The quantitative estimate of drug-likeness (QED) is 0.799. The van der Waals surface area contributed by atoms with Gasteiger partial charge in [0.25, 0.3) is 0 Å². The minimum absolute atomic E-state index is 0.148. The summed E-state index contributed by atoms with van der Waals surface area (Å²) < 4.78 is 11.6. The van der Waals surface area contributed by atoms with Crippen molar-refractivity contribution < 1.29 is 14.3 Å². The minimum Gasteiger partial charge on any atom is -0.490 e. The van der Waals surface area contributed by atoms with E-state index in [1.165, 1.54) is 0 Å². The number of amides is 1. The molecular weight excluding hydrogens is 314 g/mol. The lowest BCUT2D eigenvalue weighted by atomic mass is 10.0. The zero-order valence-corrected chi connectivity index (χ0v) is 14.9. The highest BCUT2D eigenvalue weighted by Crippen LogP contribution is 2.27. The van der Waals surface area contributed by atoms with Gasteiger partial charge in [-0.2, -0.15) is 0 Å². The number of nitrogens with zero attached hydrogens (tertiary/aromatic N) is 1. The molecule has 3 rings (SSSR count). The molecule has 0 unspecified atom stereocenters. The van der Waals surface area contributed by atoms with Gasteiger partial charge in [-0.25, -0.2) is 4.79 Å². The molecule has 0 spiro atoms. The van der Waals surface area contributed by atoms with Gasteiger partial charge < -0.3 is 14.4 Å². The van der Waals surface area contributed by atoms with Crippen molar-refractivity contribution in [1.29, 1.82) is 0 Å². The number of hydrogen-bond acceptors (Lipinski definition) is 3. The number of hydrogen-bond donors (Lipinski definition) is 0. The third kappa shape index (κ3) is 4.53. The number of likely N-dealkylation sites (tertiary alicyclic amines) is 1. The highest BCUT2D eigenvalue weighted by Gasteiger charge is 2.25. The van der Waals surface area contributed by atoms with Crippen LogP contribution in [-0.4, -0.2) is 30.2 Å². The van der Waals surface area contributed by atoms with Crippen molar-refractivity contribution in [3.8, 4) is 11.5 Å². The van der Waals surface area contributed by atoms with Gasteiger partial charge >= 0.3 is 6.09 Å². The average molecular weight is 339 g/mol. The molecule has 4 nitrogen and oxygen atoms in total. The smallest absolute Gasteiger partial charge is 0.415 e. The minimum atomic E-state index is -0.272. The average Bonchev–Trinajstić information content (AvgIpc) is 2.63. The van der Waals surface area contributed by atoms with Gasteiger partial charge in [-0.1, -0.05) is 50.2 Å². The monoisotopic (exact) mass is 339 g/mol. The number of benzene rings is 2. The van der Waals surface area contributed by atoms with Crippen LogP contribution in [0.5, 0.6) is 11.5 Å². The third-order valence-electron chi connectivity index (χ3n) is 4.48. The predicted octanol–water partition coefficient (Wildman–Crippen LogP) is 4.85. The number of para-hydroxylation sites is 2. The number of ether oxygens (including phenoxy) is 2. The van der Waals surface area contributed by atoms with Crippen LogP contribution in [-0.2, 0) is 0 Å². The van der Waals surface area contributed by atoms with Crippen LogP contribution >= 0.6 is 0 Å². The fourth-order valence-electron chi connectivity index (χ4n) is 3.06. The molecule has 0 radical (unpaired) electrons. The lowest BCUT2D eigenvalue weighted by molar-refractivity contribution is 0.0928. The Labute approximate surface area is 149 Å². The second-order valence-corrected chi connectivity index (χ2v) is 6.68. The molecule has 1 amide bonds. The van der Waals surface area contributed by atoms with E-state index in [4.69, 9.17) is 9.47 Å². The van der Waals surface area contributed by atoms with Crippen LogP contribution in [0.25, 0.3) is 0 Å². The molecule has 0 N–H and O–H groups in total. The first kappa shape index (κ1) is 17.3. The Bertz CT molecular complexity index is 691. The Morgan fingerprint density at radius 3 is 2.32 bits per heavy atom. The van der Waals surface area contributed by atoms with Gasteiger partial charge in [0, 0.05) is 25.9 Å². The van der Waals surface area contributed by atoms with E-state index in [1.54, 1.807) is 4.90 Å². The Hall–Kier alpha value is -2.49. The van der Waals surface area contributed by atoms with Crippen molar-refractivity contribution in [1.82, 2.24) is 4.90 Å². The molecule has 4 heteroatoms. The van der Waals surface area contributed by atoms with Crippen LogP contribution in [0.15, 0.2) is 54.6 Å². The second kappa shape index (κ2) is 8.06. The molecule has 1 aliphatic rings. The van der Waals surface area contributed by atoms with Gasteiger partial charge in [0.05, 0.1) is 0 Å². The summed E-state index contributed by atoms with van der Waals surface area (Å²) in [5, 5.41) is 0. The van der Waals surface area contributed by atoms with E-state index in [9.17, 15) is 4.79 Å². The van der Waals surface area contributed by atoms with Crippen LogP contribution < -0.4 is 9.47 Å². The number of rotatable bonds is 4. The standard InChI is InChI=1S/C21H25NO3/c1-16(2)19-10-6-7-11-20(19)25-21(23)22-14-12-18(13-15-22)24-17-8-4-3-5-9-17/h3-11,16,18H,12-15H2,1-2H3. The molecule has 0 aromatic heterocycles. The largest absolute Gasteiger partial charge is 0.490 e. The van der Waals surface area contributed by atoms with E-state index >= 15 is 0 Å². The fraction of sp³-hybridized carbons (Fsp3) is 0.381. The summed E-state index contributed by atoms with van der Waals surface area (Å²) in [7, 11) is 0. The molecule has 2 aromatic rings. The number of carbonyl (C=O) groups is 1. The first-order valence-electron chi connectivity index (χ1n) is 8.91. The summed E-state index contributed by atoms with van der Waals surface area (Å²) in [6, 6.07) is 17.6. The van der Waals surface area contributed by atoms with Crippen molar-refractivity contribution in [2.24, 2.45) is 0 Å². The first-order valence-corrected chi connectivity index (χ1v) is 8.91. The van der Waals surface area contributed by atoms with E-state index in [0.29, 0.717) is 24.8 Å². The van der Waals surface area contributed by atoms with Gasteiger partial charge in [0.1, 0.15) is 17.6 Å². The van der Waals surface area contributed by atoms with Crippen molar-refractivity contribution >= 4 is 6.09 Å². The molecular formula is C21H25NO3. The second-order valence-electron chi connectivity index (χ2n) is 6.68. The maximum absolute atomic E-state index is 12.5. The van der Waals surface area contributed by atoms with Crippen LogP contribution in [0.2, 0.25) is 0 Å². The zero-order chi connectivity index (χ0) is 17.6. The van der Waals surface area contributed by atoms with Crippen LogP contribution in [0.4, 0.5) is 4.79 Å². The van der Waals surface area contributed by atoms with Gasteiger partial charge in [-0.15, -0.1) is 0 Å². The molecule has 2 aromatic carbocycles. The van der Waals surface area contributed by atoms with Crippen molar-refractivity contribution in [3.63, 3.8) is 0 Å².